The van der Waals surface area contributed by atoms with E-state index in [0.29, 0.717) is 19.4 Å². The van der Waals surface area contributed by atoms with Crippen LogP contribution in [-0.2, 0) is 17.6 Å². The Kier molecular flexibility index (Phi) is 5.82. The highest BCUT2D eigenvalue weighted by Crippen LogP contribution is 2.23. The summed E-state index contributed by atoms with van der Waals surface area (Å²) in [5.41, 5.74) is 3.58. The van der Waals surface area contributed by atoms with Crippen molar-refractivity contribution in [2.24, 2.45) is 5.92 Å². The zero-order valence-electron chi connectivity index (χ0n) is 14.8. The molecule has 1 fully saturated rings. The quantitative estimate of drug-likeness (QED) is 0.912. The Balaban J connectivity index is 1.50. The molecule has 2 atom stereocenters. The number of piperidine rings is 1. The lowest BCUT2D eigenvalue weighted by atomic mass is 9.87. The Labute approximate surface area is 149 Å². The molecule has 0 bridgehead atoms. The molecule has 4 heteroatoms. The van der Waals surface area contributed by atoms with Gasteiger partial charge in [-0.2, -0.15) is 0 Å². The van der Waals surface area contributed by atoms with Gasteiger partial charge in [0.15, 0.2) is 0 Å². The molecule has 0 aliphatic carbocycles. The highest BCUT2D eigenvalue weighted by Gasteiger charge is 2.29. The van der Waals surface area contributed by atoms with Gasteiger partial charge in [0.1, 0.15) is 0 Å². The van der Waals surface area contributed by atoms with Crippen LogP contribution in [0.15, 0.2) is 48.8 Å². The van der Waals surface area contributed by atoms with Crippen molar-refractivity contribution >= 4 is 5.91 Å². The number of aryl methyl sites for hydroxylation is 2. The Morgan fingerprint density at radius 2 is 2.12 bits per heavy atom. The first-order valence-corrected chi connectivity index (χ1v) is 9.02. The van der Waals surface area contributed by atoms with Crippen LogP contribution in [-0.4, -0.2) is 40.1 Å². The number of aromatic nitrogens is 1. The average molecular weight is 338 g/mol. The molecule has 1 aliphatic heterocycles. The van der Waals surface area contributed by atoms with Gasteiger partial charge in [-0.05, 0) is 49.3 Å². The van der Waals surface area contributed by atoms with Gasteiger partial charge in [0.2, 0.25) is 5.91 Å². The molecule has 1 aromatic carbocycles. The molecule has 1 aliphatic rings. The molecule has 132 valence electrons. The van der Waals surface area contributed by atoms with Crippen LogP contribution in [0.5, 0.6) is 0 Å². The zero-order valence-corrected chi connectivity index (χ0v) is 14.8. The highest BCUT2D eigenvalue weighted by molar-refractivity contribution is 5.76. The van der Waals surface area contributed by atoms with Gasteiger partial charge in [-0.25, -0.2) is 0 Å². The second-order valence-electron chi connectivity index (χ2n) is 7.01. The summed E-state index contributed by atoms with van der Waals surface area (Å²) in [7, 11) is 0. The maximum Gasteiger partial charge on any atom is 0.222 e. The fraction of sp³-hybridized carbons (Fsp3) is 0.429. The Bertz CT molecular complexity index is 702. The van der Waals surface area contributed by atoms with E-state index < -0.39 is 6.10 Å². The summed E-state index contributed by atoms with van der Waals surface area (Å²) in [6.45, 7) is 3.27. The van der Waals surface area contributed by atoms with E-state index in [1.165, 1.54) is 11.1 Å². The summed E-state index contributed by atoms with van der Waals surface area (Å²) < 4.78 is 0. The van der Waals surface area contributed by atoms with Gasteiger partial charge in [0.25, 0.3) is 0 Å². The zero-order chi connectivity index (χ0) is 17.6. The van der Waals surface area contributed by atoms with Crippen LogP contribution in [0.2, 0.25) is 0 Å². The number of hydrogen-bond donors (Lipinski definition) is 1. The predicted octanol–water partition coefficient (Wildman–Crippen LogP) is 2.77. The van der Waals surface area contributed by atoms with Gasteiger partial charge in [0, 0.05) is 31.9 Å². The number of β-amino-alcohol motifs (C(OH)–C–C–N with tert-alkyl or cyclic N) is 1. The molecule has 3 rings (SSSR count). The first-order valence-electron chi connectivity index (χ1n) is 9.02. The van der Waals surface area contributed by atoms with Gasteiger partial charge in [-0.3, -0.25) is 9.78 Å². The molecule has 25 heavy (non-hydrogen) atoms. The molecule has 0 spiro atoms. The first kappa shape index (κ1) is 17.6. The number of rotatable bonds is 5. The van der Waals surface area contributed by atoms with Crippen molar-refractivity contribution in [3.05, 3.63) is 65.5 Å². The number of benzene rings is 1. The Morgan fingerprint density at radius 1 is 1.28 bits per heavy atom. The average Bonchev–Trinajstić information content (AvgIpc) is 2.62. The van der Waals surface area contributed by atoms with Crippen molar-refractivity contribution in [2.75, 3.05) is 13.1 Å². The third kappa shape index (κ3) is 4.89. The van der Waals surface area contributed by atoms with Gasteiger partial charge >= 0.3 is 0 Å². The number of carbonyl (C=O) groups is 1. The van der Waals surface area contributed by atoms with E-state index in [1.807, 2.05) is 17.0 Å². The smallest absolute Gasteiger partial charge is 0.222 e. The SMILES string of the molecule is Cc1cccc(C[C@H]2CCN(C(=O)CCc3cccnc3)C[C@@H]2O)c1. The van der Waals surface area contributed by atoms with Crippen molar-refractivity contribution in [1.82, 2.24) is 9.88 Å². The number of aliphatic hydroxyl groups excluding tert-OH is 1. The molecule has 0 unspecified atom stereocenters. The molecule has 1 N–H and O–H groups in total. The molecular weight excluding hydrogens is 312 g/mol. The highest BCUT2D eigenvalue weighted by atomic mass is 16.3. The Morgan fingerprint density at radius 3 is 2.84 bits per heavy atom. The van der Waals surface area contributed by atoms with E-state index >= 15 is 0 Å². The molecule has 4 nitrogen and oxygen atoms in total. The van der Waals surface area contributed by atoms with E-state index in [-0.39, 0.29) is 11.8 Å². The van der Waals surface area contributed by atoms with Gasteiger partial charge in [-0.1, -0.05) is 35.9 Å². The third-order valence-corrected chi connectivity index (χ3v) is 5.00. The number of amides is 1. The molecule has 1 aromatic heterocycles. The van der Waals surface area contributed by atoms with Crippen molar-refractivity contribution < 1.29 is 9.90 Å². The lowest BCUT2D eigenvalue weighted by molar-refractivity contribution is -0.135. The normalized spacial score (nSPS) is 20.5. The second-order valence-corrected chi connectivity index (χ2v) is 7.01. The summed E-state index contributed by atoms with van der Waals surface area (Å²) >= 11 is 0. The number of likely N-dealkylation sites (tertiary alicyclic amines) is 1. The molecule has 2 aromatic rings. The molecule has 0 radical (unpaired) electrons. The van der Waals surface area contributed by atoms with E-state index in [2.05, 4.69) is 36.2 Å². The first-order chi connectivity index (χ1) is 12.1. The number of hydrogen-bond acceptors (Lipinski definition) is 3. The van der Waals surface area contributed by atoms with Crippen molar-refractivity contribution in [3.63, 3.8) is 0 Å². The van der Waals surface area contributed by atoms with Crippen LogP contribution in [0.3, 0.4) is 0 Å². The topological polar surface area (TPSA) is 53.4 Å². The summed E-state index contributed by atoms with van der Waals surface area (Å²) in [4.78, 5) is 18.3. The van der Waals surface area contributed by atoms with Gasteiger partial charge in [0.05, 0.1) is 6.10 Å². The summed E-state index contributed by atoms with van der Waals surface area (Å²) in [6.07, 6.45) is 6.00. The standard InChI is InChI=1S/C21H26N2O2/c1-16-4-2-5-18(12-16)13-19-9-11-23(15-20(19)24)21(25)8-7-17-6-3-10-22-14-17/h2-6,10,12,14,19-20,24H,7-9,11,13,15H2,1H3/t19-,20+/m1/s1. The second kappa shape index (κ2) is 8.26. The summed E-state index contributed by atoms with van der Waals surface area (Å²) in [5.74, 6) is 0.348. The number of aliphatic hydroxyl groups is 1. The van der Waals surface area contributed by atoms with Crippen LogP contribution >= 0.6 is 0 Å². The maximum absolute atomic E-state index is 12.4. The molecular formula is C21H26N2O2. The lowest BCUT2D eigenvalue weighted by Gasteiger charge is -2.36. The monoisotopic (exact) mass is 338 g/mol. The molecule has 0 saturated carbocycles. The minimum atomic E-state index is -0.448. The fourth-order valence-corrected chi connectivity index (χ4v) is 3.54. The summed E-state index contributed by atoms with van der Waals surface area (Å²) in [6, 6.07) is 12.3. The van der Waals surface area contributed by atoms with Crippen LogP contribution in [0.4, 0.5) is 0 Å². The summed E-state index contributed by atoms with van der Waals surface area (Å²) in [5, 5.41) is 10.5. The largest absolute Gasteiger partial charge is 0.391 e. The minimum absolute atomic E-state index is 0.122. The van der Waals surface area contributed by atoms with E-state index in [0.717, 1.165) is 24.9 Å². The lowest BCUT2D eigenvalue weighted by Crippen LogP contribution is -2.47. The molecule has 1 saturated heterocycles. The number of nitrogens with zero attached hydrogens (tertiary/aromatic N) is 2. The van der Waals surface area contributed by atoms with Crippen LogP contribution in [0.25, 0.3) is 0 Å². The van der Waals surface area contributed by atoms with E-state index in [9.17, 15) is 9.90 Å². The van der Waals surface area contributed by atoms with Crippen molar-refractivity contribution in [2.45, 2.75) is 38.7 Å². The number of carbonyl (C=O) groups excluding carboxylic acids is 1. The molecule has 1 amide bonds. The van der Waals surface area contributed by atoms with E-state index in [4.69, 9.17) is 0 Å². The van der Waals surface area contributed by atoms with Crippen LogP contribution < -0.4 is 0 Å². The van der Waals surface area contributed by atoms with Crippen molar-refractivity contribution in [3.8, 4) is 0 Å². The minimum Gasteiger partial charge on any atom is -0.391 e. The van der Waals surface area contributed by atoms with Crippen molar-refractivity contribution in [1.29, 1.82) is 0 Å². The van der Waals surface area contributed by atoms with Gasteiger partial charge in [-0.15, -0.1) is 0 Å². The third-order valence-electron chi connectivity index (χ3n) is 5.00. The predicted molar refractivity (Wildman–Crippen MR) is 98.1 cm³/mol. The maximum atomic E-state index is 12.4. The fourth-order valence-electron chi connectivity index (χ4n) is 3.54. The van der Waals surface area contributed by atoms with Crippen LogP contribution in [0, 0.1) is 12.8 Å². The van der Waals surface area contributed by atoms with Gasteiger partial charge < -0.3 is 10.0 Å². The number of pyridine rings is 1. The molecule has 2 heterocycles. The Hall–Kier alpha value is -2.20. The van der Waals surface area contributed by atoms with E-state index in [1.54, 1.807) is 12.4 Å². The van der Waals surface area contributed by atoms with Crippen LogP contribution in [0.1, 0.15) is 29.5 Å².